The predicted octanol–water partition coefficient (Wildman–Crippen LogP) is 3.76. The molecular formula is C20H20FNO2. The number of halogens is 1. The smallest absolute Gasteiger partial charge is 0.195 e. The van der Waals surface area contributed by atoms with Crippen molar-refractivity contribution in [2.45, 2.75) is 49.8 Å². The lowest BCUT2D eigenvalue weighted by Gasteiger charge is -2.33. The van der Waals surface area contributed by atoms with Crippen LogP contribution >= 0.6 is 0 Å². The fraction of sp³-hybridized carbons (Fsp3) is 0.400. The molecule has 24 heavy (non-hydrogen) atoms. The third-order valence-electron chi connectivity index (χ3n) is 5.47. The van der Waals surface area contributed by atoms with Gasteiger partial charge in [0.25, 0.3) is 0 Å². The van der Waals surface area contributed by atoms with Crippen LogP contribution in [0.25, 0.3) is 0 Å². The minimum absolute atomic E-state index is 0.0278. The number of hydrogen-bond donors (Lipinski definition) is 1. The number of aryl methyl sites for hydroxylation is 1. The van der Waals surface area contributed by atoms with Crippen LogP contribution in [0.2, 0.25) is 0 Å². The molecule has 2 aromatic rings. The monoisotopic (exact) mass is 325 g/mol. The standard InChI is InChI=1S/C20H20FNO2/c21-20(10-9-17(23)19-16(20)6-3-11-22-19)18(24)12-14-8-7-13-4-1-2-5-15(13)14/h1-6,11,14,17,23H,7-10,12H2/t14-,17-,20-/m0/s1. The highest BCUT2D eigenvalue weighted by atomic mass is 19.1. The minimum Gasteiger partial charge on any atom is -0.387 e. The van der Waals surface area contributed by atoms with Gasteiger partial charge in [-0.05, 0) is 48.8 Å². The van der Waals surface area contributed by atoms with E-state index in [-0.39, 0.29) is 36.5 Å². The van der Waals surface area contributed by atoms with E-state index in [1.165, 1.54) is 17.3 Å². The van der Waals surface area contributed by atoms with Gasteiger partial charge in [0.2, 0.25) is 0 Å². The van der Waals surface area contributed by atoms with Crippen molar-refractivity contribution in [1.29, 1.82) is 0 Å². The second kappa shape index (κ2) is 5.78. The summed E-state index contributed by atoms with van der Waals surface area (Å²) in [6, 6.07) is 11.3. The maximum absolute atomic E-state index is 15.7. The molecule has 2 aliphatic rings. The molecule has 0 amide bonds. The zero-order chi connectivity index (χ0) is 16.7. The van der Waals surface area contributed by atoms with E-state index in [2.05, 4.69) is 11.1 Å². The molecule has 4 heteroatoms. The lowest BCUT2D eigenvalue weighted by Crippen LogP contribution is -2.37. The van der Waals surface area contributed by atoms with Gasteiger partial charge in [-0.1, -0.05) is 30.3 Å². The molecule has 2 aliphatic carbocycles. The van der Waals surface area contributed by atoms with Crippen LogP contribution in [0.3, 0.4) is 0 Å². The first kappa shape index (κ1) is 15.5. The number of fused-ring (bicyclic) bond motifs is 2. The Morgan fingerprint density at radius 3 is 2.96 bits per heavy atom. The molecule has 0 unspecified atom stereocenters. The van der Waals surface area contributed by atoms with Crippen LogP contribution in [-0.4, -0.2) is 15.9 Å². The number of ketones is 1. The maximum atomic E-state index is 15.7. The number of carbonyl (C=O) groups excluding carboxylic acids is 1. The molecule has 1 aromatic heterocycles. The summed E-state index contributed by atoms with van der Waals surface area (Å²) >= 11 is 0. The number of pyridine rings is 1. The number of hydrogen-bond acceptors (Lipinski definition) is 3. The number of benzene rings is 1. The Morgan fingerprint density at radius 2 is 2.08 bits per heavy atom. The summed E-state index contributed by atoms with van der Waals surface area (Å²) in [6.07, 6.45) is 3.05. The predicted molar refractivity (Wildman–Crippen MR) is 88.3 cm³/mol. The van der Waals surface area contributed by atoms with Crippen LogP contribution in [-0.2, 0) is 16.9 Å². The van der Waals surface area contributed by atoms with Gasteiger partial charge >= 0.3 is 0 Å². The minimum atomic E-state index is -2.03. The van der Waals surface area contributed by atoms with E-state index in [4.69, 9.17) is 0 Å². The van der Waals surface area contributed by atoms with E-state index in [1.807, 2.05) is 18.2 Å². The van der Waals surface area contributed by atoms with E-state index < -0.39 is 11.8 Å². The Bertz CT molecular complexity index is 791. The van der Waals surface area contributed by atoms with Gasteiger partial charge in [-0.2, -0.15) is 0 Å². The molecule has 0 bridgehead atoms. The van der Waals surface area contributed by atoms with Gasteiger partial charge < -0.3 is 5.11 Å². The summed E-state index contributed by atoms with van der Waals surface area (Å²) in [7, 11) is 0. The molecule has 0 saturated carbocycles. The number of aliphatic hydroxyl groups excluding tert-OH is 1. The Labute approximate surface area is 140 Å². The molecule has 4 rings (SSSR count). The van der Waals surface area contributed by atoms with Crippen molar-refractivity contribution in [1.82, 2.24) is 4.98 Å². The van der Waals surface area contributed by atoms with Gasteiger partial charge in [0.05, 0.1) is 11.8 Å². The largest absolute Gasteiger partial charge is 0.387 e. The van der Waals surface area contributed by atoms with Gasteiger partial charge in [0.15, 0.2) is 11.5 Å². The number of Topliss-reactive ketones (excluding diaryl/α,β-unsaturated/α-hetero) is 1. The molecule has 0 saturated heterocycles. The zero-order valence-electron chi connectivity index (χ0n) is 13.4. The van der Waals surface area contributed by atoms with Gasteiger partial charge in [0.1, 0.15) is 0 Å². The van der Waals surface area contributed by atoms with Crippen LogP contribution in [0, 0.1) is 0 Å². The molecule has 0 aliphatic heterocycles. The van der Waals surface area contributed by atoms with Crippen molar-refractivity contribution in [2.75, 3.05) is 0 Å². The molecule has 1 aromatic carbocycles. The molecular weight excluding hydrogens is 305 g/mol. The average Bonchev–Trinajstić information content (AvgIpc) is 3.02. The summed E-state index contributed by atoms with van der Waals surface area (Å²) < 4.78 is 15.7. The third-order valence-corrected chi connectivity index (χ3v) is 5.47. The number of aliphatic hydroxyl groups is 1. The molecule has 0 radical (unpaired) electrons. The SMILES string of the molecule is O=C(C[C@@H]1CCc2ccccc21)[C@]1(F)CC[C@H](O)c2ncccc21. The molecule has 0 fully saturated rings. The third kappa shape index (κ3) is 2.37. The van der Waals surface area contributed by atoms with E-state index in [1.54, 1.807) is 12.1 Å². The Kier molecular flexibility index (Phi) is 3.72. The Hall–Kier alpha value is -2.07. The molecule has 3 atom stereocenters. The molecule has 3 nitrogen and oxygen atoms in total. The van der Waals surface area contributed by atoms with Crippen molar-refractivity contribution in [3.63, 3.8) is 0 Å². The van der Waals surface area contributed by atoms with E-state index in [0.29, 0.717) is 5.69 Å². The topological polar surface area (TPSA) is 50.2 Å². The number of carbonyl (C=O) groups is 1. The van der Waals surface area contributed by atoms with E-state index in [0.717, 1.165) is 12.8 Å². The summed E-state index contributed by atoms with van der Waals surface area (Å²) in [5.41, 5.74) is 0.980. The second-order valence-corrected chi connectivity index (χ2v) is 6.85. The number of nitrogens with zero attached hydrogens (tertiary/aromatic N) is 1. The van der Waals surface area contributed by atoms with Gasteiger partial charge in [-0.25, -0.2) is 4.39 Å². The van der Waals surface area contributed by atoms with Crippen molar-refractivity contribution in [3.8, 4) is 0 Å². The zero-order valence-corrected chi connectivity index (χ0v) is 13.4. The highest BCUT2D eigenvalue weighted by Gasteiger charge is 2.47. The maximum Gasteiger partial charge on any atom is 0.195 e. The lowest BCUT2D eigenvalue weighted by molar-refractivity contribution is -0.133. The van der Waals surface area contributed by atoms with Crippen molar-refractivity contribution in [2.24, 2.45) is 0 Å². The normalized spacial score (nSPS) is 28.2. The molecule has 0 spiro atoms. The first-order valence-corrected chi connectivity index (χ1v) is 8.53. The fourth-order valence-electron chi connectivity index (χ4n) is 4.16. The van der Waals surface area contributed by atoms with Gasteiger partial charge in [-0.15, -0.1) is 0 Å². The Balaban J connectivity index is 1.62. The van der Waals surface area contributed by atoms with Crippen LogP contribution < -0.4 is 0 Å². The highest BCUT2D eigenvalue weighted by Crippen LogP contribution is 2.45. The summed E-state index contributed by atoms with van der Waals surface area (Å²) in [5.74, 6) is -0.293. The van der Waals surface area contributed by atoms with Gasteiger partial charge in [-0.3, -0.25) is 9.78 Å². The average molecular weight is 325 g/mol. The first-order valence-electron chi connectivity index (χ1n) is 8.53. The highest BCUT2D eigenvalue weighted by molar-refractivity contribution is 5.89. The summed E-state index contributed by atoms with van der Waals surface area (Å²) in [4.78, 5) is 17.0. The van der Waals surface area contributed by atoms with E-state index in [9.17, 15) is 9.90 Å². The van der Waals surface area contributed by atoms with Crippen molar-refractivity contribution in [3.05, 3.63) is 65.0 Å². The number of alkyl halides is 1. The van der Waals surface area contributed by atoms with Crippen LogP contribution in [0.5, 0.6) is 0 Å². The number of rotatable bonds is 3. The number of aromatic nitrogens is 1. The lowest BCUT2D eigenvalue weighted by atomic mass is 9.76. The summed E-state index contributed by atoms with van der Waals surface area (Å²) in [6.45, 7) is 0. The van der Waals surface area contributed by atoms with Crippen LogP contribution in [0.4, 0.5) is 4.39 Å². The molecule has 1 N–H and O–H groups in total. The second-order valence-electron chi connectivity index (χ2n) is 6.85. The van der Waals surface area contributed by atoms with Crippen molar-refractivity contribution < 1.29 is 14.3 Å². The molecule has 124 valence electrons. The Morgan fingerprint density at radius 1 is 1.25 bits per heavy atom. The van der Waals surface area contributed by atoms with Crippen LogP contribution in [0.15, 0.2) is 42.6 Å². The quantitative estimate of drug-likeness (QED) is 0.935. The van der Waals surface area contributed by atoms with Crippen LogP contribution in [0.1, 0.15) is 60.1 Å². The van der Waals surface area contributed by atoms with E-state index >= 15 is 4.39 Å². The van der Waals surface area contributed by atoms with Gasteiger partial charge in [0, 0.05) is 18.2 Å². The fourth-order valence-corrected chi connectivity index (χ4v) is 4.16. The molecule has 1 heterocycles. The summed E-state index contributed by atoms with van der Waals surface area (Å²) in [5, 5.41) is 10.0. The van der Waals surface area contributed by atoms with Crippen molar-refractivity contribution >= 4 is 5.78 Å². The first-order chi connectivity index (χ1) is 11.6.